The number of hydrogen-bond acceptors (Lipinski definition) is 6. The molecule has 0 aliphatic rings. The Morgan fingerprint density at radius 3 is 2.85 bits per heavy atom. The molecule has 0 saturated heterocycles. The van der Waals surface area contributed by atoms with Crippen LogP contribution in [0.5, 0.6) is 0 Å². The molecular formula is C13H9N5O2. The van der Waals surface area contributed by atoms with Crippen LogP contribution in [-0.2, 0) is 0 Å². The van der Waals surface area contributed by atoms with Gasteiger partial charge in [0.2, 0.25) is 5.82 Å². The first kappa shape index (κ1) is 10.8. The Morgan fingerprint density at radius 2 is 2.10 bits per heavy atom. The summed E-state index contributed by atoms with van der Waals surface area (Å²) in [4.78, 5) is 8.63. The summed E-state index contributed by atoms with van der Waals surface area (Å²) in [7, 11) is 0. The molecule has 2 N–H and O–H groups in total. The van der Waals surface area contributed by atoms with E-state index in [0.717, 1.165) is 5.56 Å². The average Bonchev–Trinajstić information content (AvgIpc) is 3.19. The van der Waals surface area contributed by atoms with Gasteiger partial charge in [0, 0.05) is 5.56 Å². The van der Waals surface area contributed by atoms with Crippen LogP contribution in [0.15, 0.2) is 52.0 Å². The minimum atomic E-state index is 0.300. The van der Waals surface area contributed by atoms with Gasteiger partial charge < -0.3 is 14.6 Å². The molecule has 98 valence electrons. The summed E-state index contributed by atoms with van der Waals surface area (Å²) in [5, 5.41) is 4.35. The molecule has 4 aromatic heterocycles. The second kappa shape index (κ2) is 3.95. The van der Waals surface area contributed by atoms with Gasteiger partial charge in [0.25, 0.3) is 0 Å². The minimum Gasteiger partial charge on any atom is -0.472 e. The Bertz CT molecular complexity index is 862. The first-order chi connectivity index (χ1) is 9.81. The van der Waals surface area contributed by atoms with Gasteiger partial charge in [0.1, 0.15) is 0 Å². The smallest absolute Gasteiger partial charge is 0.218 e. The van der Waals surface area contributed by atoms with E-state index in [9.17, 15) is 0 Å². The Balaban J connectivity index is 1.92. The molecule has 0 aliphatic heterocycles. The van der Waals surface area contributed by atoms with Crippen molar-refractivity contribution in [2.45, 2.75) is 0 Å². The zero-order valence-electron chi connectivity index (χ0n) is 10.2. The number of anilines is 1. The molecule has 0 amide bonds. The maximum atomic E-state index is 5.93. The number of nitrogen functional groups attached to an aromatic ring is 1. The van der Waals surface area contributed by atoms with E-state index in [4.69, 9.17) is 14.6 Å². The highest BCUT2D eigenvalue weighted by Crippen LogP contribution is 2.23. The minimum absolute atomic E-state index is 0.300. The molecule has 4 aromatic rings. The van der Waals surface area contributed by atoms with Gasteiger partial charge >= 0.3 is 0 Å². The third-order valence-electron chi connectivity index (χ3n) is 2.90. The van der Waals surface area contributed by atoms with Crippen molar-refractivity contribution in [1.29, 1.82) is 0 Å². The van der Waals surface area contributed by atoms with Crippen molar-refractivity contribution >= 4 is 11.5 Å². The van der Waals surface area contributed by atoms with Crippen LogP contribution in [0.4, 0.5) is 5.82 Å². The largest absolute Gasteiger partial charge is 0.472 e. The summed E-state index contributed by atoms with van der Waals surface area (Å²) < 4.78 is 11.9. The van der Waals surface area contributed by atoms with Gasteiger partial charge in [0.05, 0.1) is 30.7 Å². The van der Waals surface area contributed by atoms with Crippen molar-refractivity contribution < 1.29 is 8.83 Å². The molecule has 7 heteroatoms. The SMILES string of the molecule is Nc1nc(-c2ccoc2)cn2nc(-c3ccco3)nc12. The number of nitrogens with two attached hydrogens (primary N) is 1. The maximum Gasteiger partial charge on any atom is 0.218 e. The molecule has 0 spiro atoms. The number of rotatable bonds is 2. The van der Waals surface area contributed by atoms with E-state index in [0.29, 0.717) is 28.7 Å². The van der Waals surface area contributed by atoms with Crippen molar-refractivity contribution in [3.05, 3.63) is 43.2 Å². The molecule has 4 heterocycles. The third kappa shape index (κ3) is 1.57. The van der Waals surface area contributed by atoms with Crippen LogP contribution in [-0.4, -0.2) is 19.6 Å². The van der Waals surface area contributed by atoms with Crippen LogP contribution in [0.2, 0.25) is 0 Å². The molecule has 0 aromatic carbocycles. The average molecular weight is 267 g/mol. The fourth-order valence-corrected chi connectivity index (χ4v) is 1.97. The van der Waals surface area contributed by atoms with E-state index in [1.807, 2.05) is 0 Å². The molecule has 0 atom stereocenters. The highest BCUT2D eigenvalue weighted by atomic mass is 16.3. The van der Waals surface area contributed by atoms with Crippen molar-refractivity contribution in [3.63, 3.8) is 0 Å². The standard InChI is InChI=1S/C13H9N5O2/c14-11-13-16-12(10-2-1-4-20-10)17-18(13)6-9(15-11)8-3-5-19-7-8/h1-7H,(H2,14,15). The molecule has 7 nitrogen and oxygen atoms in total. The third-order valence-corrected chi connectivity index (χ3v) is 2.90. The summed E-state index contributed by atoms with van der Waals surface area (Å²) in [6.07, 6.45) is 6.49. The quantitative estimate of drug-likeness (QED) is 0.598. The second-order valence-electron chi connectivity index (χ2n) is 4.20. The molecule has 0 aliphatic carbocycles. The lowest BCUT2D eigenvalue weighted by Gasteiger charge is -1.99. The highest BCUT2D eigenvalue weighted by molar-refractivity contribution is 5.68. The van der Waals surface area contributed by atoms with E-state index in [1.54, 1.807) is 47.7 Å². The predicted molar refractivity (Wildman–Crippen MR) is 70.6 cm³/mol. The molecule has 20 heavy (non-hydrogen) atoms. The van der Waals surface area contributed by atoms with Gasteiger partial charge in [-0.05, 0) is 18.2 Å². The summed E-state index contributed by atoms with van der Waals surface area (Å²) in [5.74, 6) is 1.35. The topological polar surface area (TPSA) is 95.4 Å². The second-order valence-corrected chi connectivity index (χ2v) is 4.20. The van der Waals surface area contributed by atoms with E-state index in [-0.39, 0.29) is 0 Å². The molecule has 0 saturated carbocycles. The number of furan rings is 2. The first-order valence-electron chi connectivity index (χ1n) is 5.90. The lowest BCUT2D eigenvalue weighted by molar-refractivity contribution is 0.568. The number of aromatic nitrogens is 4. The normalized spacial score (nSPS) is 11.2. The molecule has 0 unspecified atom stereocenters. The number of hydrogen-bond donors (Lipinski definition) is 1. The Hall–Kier alpha value is -3.09. The summed E-state index contributed by atoms with van der Waals surface area (Å²) in [5.41, 5.74) is 7.92. The summed E-state index contributed by atoms with van der Waals surface area (Å²) in [6, 6.07) is 5.37. The number of nitrogens with zero attached hydrogens (tertiary/aromatic N) is 4. The van der Waals surface area contributed by atoms with E-state index in [2.05, 4.69) is 15.1 Å². The van der Waals surface area contributed by atoms with Crippen LogP contribution >= 0.6 is 0 Å². The van der Waals surface area contributed by atoms with Gasteiger partial charge in [-0.2, -0.15) is 0 Å². The van der Waals surface area contributed by atoms with E-state index < -0.39 is 0 Å². The zero-order valence-corrected chi connectivity index (χ0v) is 10.2. The maximum absolute atomic E-state index is 5.93. The molecule has 0 radical (unpaired) electrons. The monoisotopic (exact) mass is 267 g/mol. The fraction of sp³-hybridized carbons (Fsp3) is 0. The predicted octanol–water partition coefficient (Wildman–Crippen LogP) is 2.23. The van der Waals surface area contributed by atoms with Crippen molar-refractivity contribution in [2.75, 3.05) is 5.73 Å². The van der Waals surface area contributed by atoms with Gasteiger partial charge in [-0.3, -0.25) is 0 Å². The first-order valence-corrected chi connectivity index (χ1v) is 5.90. The Kier molecular flexibility index (Phi) is 2.13. The number of fused-ring (bicyclic) bond motifs is 1. The Labute approximate surface area is 112 Å². The van der Waals surface area contributed by atoms with Crippen LogP contribution in [0.3, 0.4) is 0 Å². The van der Waals surface area contributed by atoms with Crippen molar-refractivity contribution in [2.24, 2.45) is 0 Å². The van der Waals surface area contributed by atoms with Crippen LogP contribution in [0.1, 0.15) is 0 Å². The van der Waals surface area contributed by atoms with Gasteiger partial charge in [0.15, 0.2) is 17.2 Å². The highest BCUT2D eigenvalue weighted by Gasteiger charge is 2.13. The van der Waals surface area contributed by atoms with Gasteiger partial charge in [-0.25, -0.2) is 14.5 Å². The zero-order chi connectivity index (χ0) is 13.5. The Morgan fingerprint density at radius 1 is 1.15 bits per heavy atom. The molecule has 0 fully saturated rings. The van der Waals surface area contributed by atoms with Crippen molar-refractivity contribution in [3.8, 4) is 22.8 Å². The van der Waals surface area contributed by atoms with E-state index >= 15 is 0 Å². The van der Waals surface area contributed by atoms with Crippen LogP contribution < -0.4 is 5.73 Å². The summed E-state index contributed by atoms with van der Waals surface area (Å²) >= 11 is 0. The van der Waals surface area contributed by atoms with Gasteiger partial charge in [-0.1, -0.05) is 0 Å². The van der Waals surface area contributed by atoms with Crippen LogP contribution in [0.25, 0.3) is 28.5 Å². The van der Waals surface area contributed by atoms with Gasteiger partial charge in [-0.15, -0.1) is 5.10 Å². The lowest BCUT2D eigenvalue weighted by atomic mass is 10.2. The molecule has 0 bridgehead atoms. The molecule has 4 rings (SSSR count). The van der Waals surface area contributed by atoms with E-state index in [1.165, 1.54) is 0 Å². The lowest BCUT2D eigenvalue weighted by Crippen LogP contribution is -1.99. The fourth-order valence-electron chi connectivity index (χ4n) is 1.97. The summed E-state index contributed by atoms with van der Waals surface area (Å²) in [6.45, 7) is 0. The van der Waals surface area contributed by atoms with Crippen molar-refractivity contribution in [1.82, 2.24) is 19.6 Å². The molecular weight excluding hydrogens is 258 g/mol. The van der Waals surface area contributed by atoms with Crippen LogP contribution in [0, 0.1) is 0 Å².